The molecule has 6 nitrogen and oxygen atoms in total. The number of halogens is 4. The van der Waals surface area contributed by atoms with Gasteiger partial charge in [0.25, 0.3) is 0 Å². The van der Waals surface area contributed by atoms with Crippen LogP contribution in [0.1, 0.15) is 25.3 Å². The van der Waals surface area contributed by atoms with Crippen LogP contribution in [0.4, 0.5) is 18.9 Å². The molecule has 10 heteroatoms. The molecule has 1 aromatic rings. The molecule has 0 saturated carbocycles. The van der Waals surface area contributed by atoms with Crippen LogP contribution >= 0.6 is 24.0 Å². The molecule has 0 unspecified atom stereocenters. The number of piperazine rings is 1. The second kappa shape index (κ2) is 11.6. The summed E-state index contributed by atoms with van der Waals surface area (Å²) in [7, 11) is 1.72. The summed E-state index contributed by atoms with van der Waals surface area (Å²) in [5, 5.41) is 3.34. The van der Waals surface area contributed by atoms with E-state index in [0.29, 0.717) is 51.6 Å². The summed E-state index contributed by atoms with van der Waals surface area (Å²) < 4.78 is 50.3. The van der Waals surface area contributed by atoms with Gasteiger partial charge < -0.3 is 24.6 Å². The lowest BCUT2D eigenvalue weighted by atomic mass is 9.94. The summed E-state index contributed by atoms with van der Waals surface area (Å²) in [5.74, 6) is 0.823. The van der Waals surface area contributed by atoms with Crippen LogP contribution < -0.4 is 10.2 Å². The zero-order valence-corrected chi connectivity index (χ0v) is 20.4. The minimum Gasteiger partial charge on any atom is -0.381 e. The third-order valence-corrected chi connectivity index (χ3v) is 5.81. The normalized spacial score (nSPS) is 19.7. The van der Waals surface area contributed by atoms with Crippen molar-refractivity contribution in [1.82, 2.24) is 10.2 Å². The molecule has 0 atom stereocenters. The van der Waals surface area contributed by atoms with Crippen LogP contribution in [0.25, 0.3) is 0 Å². The number of ether oxygens (including phenoxy) is 2. The lowest BCUT2D eigenvalue weighted by molar-refractivity contribution is -0.137. The zero-order chi connectivity index (χ0) is 21.6. The maximum atomic E-state index is 13.0. The average Bonchev–Trinajstić information content (AvgIpc) is 2.77. The Labute approximate surface area is 199 Å². The third-order valence-electron chi connectivity index (χ3n) is 5.81. The number of anilines is 1. The van der Waals surface area contributed by atoms with E-state index >= 15 is 0 Å². The number of nitrogens with one attached hydrogen (secondary N) is 1. The predicted octanol–water partition coefficient (Wildman–Crippen LogP) is 3.61. The number of guanidine groups is 1. The highest BCUT2D eigenvalue weighted by Crippen LogP contribution is 2.32. The van der Waals surface area contributed by atoms with E-state index in [-0.39, 0.29) is 29.6 Å². The van der Waals surface area contributed by atoms with Gasteiger partial charge in [-0.1, -0.05) is 6.07 Å². The first-order valence-electron chi connectivity index (χ1n) is 10.5. The standard InChI is InChI=1S/C21H31F3N4O2.HI/c1-3-25-19(26-16-20(29-2)7-13-30-14-8-20)28-11-9-27(10-12-28)18-6-4-5-17(15-18)21(22,23)24;/h4-6,15H,3,7-14,16H2,1-2H3,(H,25,26);1H. The second-order valence-electron chi connectivity index (χ2n) is 7.69. The number of aliphatic imine (C=N–C) groups is 1. The average molecular weight is 556 g/mol. The Morgan fingerprint density at radius 3 is 2.45 bits per heavy atom. The quantitative estimate of drug-likeness (QED) is 0.342. The highest BCUT2D eigenvalue weighted by molar-refractivity contribution is 14.0. The van der Waals surface area contributed by atoms with Gasteiger partial charge in [0.2, 0.25) is 0 Å². The minimum absolute atomic E-state index is 0. The smallest absolute Gasteiger partial charge is 0.381 e. The van der Waals surface area contributed by atoms with E-state index in [1.165, 1.54) is 12.1 Å². The monoisotopic (exact) mass is 556 g/mol. The van der Waals surface area contributed by atoms with E-state index in [9.17, 15) is 13.2 Å². The van der Waals surface area contributed by atoms with Crippen LogP contribution in [0.3, 0.4) is 0 Å². The molecule has 0 bridgehead atoms. The highest BCUT2D eigenvalue weighted by atomic mass is 127. The molecule has 1 N–H and O–H groups in total. The lowest BCUT2D eigenvalue weighted by Gasteiger charge is -2.39. The van der Waals surface area contributed by atoms with E-state index in [1.54, 1.807) is 13.2 Å². The lowest BCUT2D eigenvalue weighted by Crippen LogP contribution is -2.53. The first-order valence-corrected chi connectivity index (χ1v) is 10.5. The molecule has 0 aliphatic carbocycles. The van der Waals surface area contributed by atoms with Crippen LogP contribution in [-0.4, -0.2) is 76.1 Å². The number of hydrogen-bond acceptors (Lipinski definition) is 4. The first-order chi connectivity index (χ1) is 14.4. The van der Waals surface area contributed by atoms with Crippen LogP contribution in [0.2, 0.25) is 0 Å². The van der Waals surface area contributed by atoms with Crippen LogP contribution in [0.5, 0.6) is 0 Å². The molecule has 176 valence electrons. The fourth-order valence-corrected chi connectivity index (χ4v) is 3.87. The molecule has 0 spiro atoms. The Morgan fingerprint density at radius 2 is 1.87 bits per heavy atom. The Morgan fingerprint density at radius 1 is 1.19 bits per heavy atom. The van der Waals surface area contributed by atoms with Gasteiger partial charge in [0.05, 0.1) is 17.7 Å². The molecule has 0 amide bonds. The van der Waals surface area contributed by atoms with Gasteiger partial charge in [-0.3, -0.25) is 4.99 Å². The van der Waals surface area contributed by atoms with Gasteiger partial charge >= 0.3 is 6.18 Å². The molecule has 0 aromatic heterocycles. The second-order valence-corrected chi connectivity index (χ2v) is 7.69. The summed E-state index contributed by atoms with van der Waals surface area (Å²) in [6, 6.07) is 5.53. The van der Waals surface area contributed by atoms with E-state index < -0.39 is 11.7 Å². The van der Waals surface area contributed by atoms with Crippen LogP contribution in [0, 0.1) is 0 Å². The number of hydrogen-bond donors (Lipinski definition) is 1. The van der Waals surface area contributed by atoms with E-state index in [1.807, 2.05) is 11.8 Å². The van der Waals surface area contributed by atoms with Gasteiger partial charge in [0.15, 0.2) is 5.96 Å². The van der Waals surface area contributed by atoms with Gasteiger partial charge in [-0.15, -0.1) is 24.0 Å². The summed E-state index contributed by atoms with van der Waals surface area (Å²) in [5.41, 5.74) is -0.302. The van der Waals surface area contributed by atoms with Gasteiger partial charge in [-0.25, -0.2) is 0 Å². The van der Waals surface area contributed by atoms with E-state index in [4.69, 9.17) is 14.5 Å². The molecular formula is C21H32F3IN4O2. The summed E-state index contributed by atoms with van der Waals surface area (Å²) in [4.78, 5) is 8.99. The van der Waals surface area contributed by atoms with Gasteiger partial charge in [0, 0.05) is 71.6 Å². The Hall–Kier alpha value is -1.27. The number of alkyl halides is 3. The van der Waals surface area contributed by atoms with Crippen molar-refractivity contribution < 1.29 is 22.6 Å². The Kier molecular flexibility index (Phi) is 9.68. The van der Waals surface area contributed by atoms with Crippen molar-refractivity contribution in [3.05, 3.63) is 29.8 Å². The molecule has 2 aliphatic heterocycles. The number of methoxy groups -OCH3 is 1. The molecule has 2 heterocycles. The van der Waals surface area contributed by atoms with Crippen molar-refractivity contribution >= 4 is 35.6 Å². The minimum atomic E-state index is -4.33. The largest absolute Gasteiger partial charge is 0.416 e. The highest BCUT2D eigenvalue weighted by Gasteiger charge is 2.33. The van der Waals surface area contributed by atoms with Gasteiger partial charge in [-0.2, -0.15) is 13.2 Å². The van der Waals surface area contributed by atoms with Gasteiger partial charge in [-0.05, 0) is 25.1 Å². The third kappa shape index (κ3) is 6.85. The molecule has 31 heavy (non-hydrogen) atoms. The SMILES string of the molecule is CCNC(=NCC1(OC)CCOCC1)N1CCN(c2cccc(C(F)(F)F)c2)CC1.I. The first kappa shape index (κ1) is 26.0. The molecule has 2 fully saturated rings. The van der Waals surface area contributed by atoms with Crippen molar-refractivity contribution in [2.75, 3.05) is 64.5 Å². The molecule has 0 radical (unpaired) electrons. The van der Waals surface area contributed by atoms with Crippen molar-refractivity contribution in [3.63, 3.8) is 0 Å². The van der Waals surface area contributed by atoms with Crippen LogP contribution in [0.15, 0.2) is 29.3 Å². The number of nitrogens with zero attached hydrogens (tertiary/aromatic N) is 3. The Balaban J connectivity index is 0.00000341. The summed E-state index contributed by atoms with van der Waals surface area (Å²) >= 11 is 0. The van der Waals surface area contributed by atoms with Gasteiger partial charge in [0.1, 0.15) is 0 Å². The number of rotatable bonds is 5. The number of benzene rings is 1. The molecule has 2 saturated heterocycles. The van der Waals surface area contributed by atoms with Crippen molar-refractivity contribution in [3.8, 4) is 0 Å². The van der Waals surface area contributed by atoms with E-state index in [2.05, 4.69) is 10.2 Å². The molecule has 2 aliphatic rings. The summed E-state index contributed by atoms with van der Waals surface area (Å²) in [6.45, 7) is 7.32. The predicted molar refractivity (Wildman–Crippen MR) is 126 cm³/mol. The Bertz CT molecular complexity index is 719. The summed E-state index contributed by atoms with van der Waals surface area (Å²) in [6.07, 6.45) is -2.70. The molecule has 3 rings (SSSR count). The zero-order valence-electron chi connectivity index (χ0n) is 18.1. The fraction of sp³-hybridized carbons (Fsp3) is 0.667. The van der Waals surface area contributed by atoms with E-state index in [0.717, 1.165) is 31.4 Å². The van der Waals surface area contributed by atoms with Crippen molar-refractivity contribution in [1.29, 1.82) is 0 Å². The molecular weight excluding hydrogens is 524 g/mol. The van der Waals surface area contributed by atoms with Crippen molar-refractivity contribution in [2.45, 2.75) is 31.5 Å². The molecule has 1 aromatic carbocycles. The topological polar surface area (TPSA) is 49.3 Å². The fourth-order valence-electron chi connectivity index (χ4n) is 3.87. The van der Waals surface area contributed by atoms with Crippen LogP contribution in [-0.2, 0) is 15.7 Å². The maximum Gasteiger partial charge on any atom is 0.416 e. The van der Waals surface area contributed by atoms with Crippen molar-refractivity contribution in [2.24, 2.45) is 4.99 Å². The maximum absolute atomic E-state index is 13.0.